The smallest absolute Gasteiger partial charge is 0.249 e. The molecular weight excluding hydrogens is 316 g/mol. The van der Waals surface area contributed by atoms with E-state index in [9.17, 15) is 4.79 Å². The summed E-state index contributed by atoms with van der Waals surface area (Å²) in [6.07, 6.45) is 9.99. The Hall–Kier alpha value is -3.74. The lowest BCUT2D eigenvalue weighted by atomic mass is 10.3. The van der Waals surface area contributed by atoms with Crippen molar-refractivity contribution in [1.82, 2.24) is 24.4 Å². The second kappa shape index (κ2) is 6.40. The highest BCUT2D eigenvalue weighted by molar-refractivity contribution is 6.01. The lowest BCUT2D eigenvalue weighted by Crippen LogP contribution is -2.11. The molecule has 3 aromatic heterocycles. The van der Waals surface area contributed by atoms with Crippen molar-refractivity contribution in [3.8, 4) is 5.69 Å². The molecule has 1 aromatic carbocycles. The topological polar surface area (TPSA) is 77.1 Å². The number of aromatic nitrogens is 5. The van der Waals surface area contributed by atoms with Crippen molar-refractivity contribution in [3.63, 3.8) is 0 Å². The Labute approximate surface area is 143 Å². The molecule has 122 valence electrons. The van der Waals surface area contributed by atoms with Crippen LogP contribution in [0.4, 0.5) is 5.82 Å². The van der Waals surface area contributed by atoms with E-state index >= 15 is 0 Å². The summed E-state index contributed by atoms with van der Waals surface area (Å²) in [5.41, 5.74) is 2.47. The van der Waals surface area contributed by atoms with Crippen molar-refractivity contribution in [1.29, 1.82) is 0 Å². The van der Waals surface area contributed by atoms with Gasteiger partial charge in [0, 0.05) is 30.1 Å². The van der Waals surface area contributed by atoms with Gasteiger partial charge in [-0.15, -0.1) is 0 Å². The average molecular weight is 330 g/mol. The van der Waals surface area contributed by atoms with Gasteiger partial charge in [-0.1, -0.05) is 18.2 Å². The first-order valence-corrected chi connectivity index (χ1v) is 7.67. The maximum Gasteiger partial charge on any atom is 0.249 e. The molecule has 1 N–H and O–H groups in total. The predicted octanol–water partition coefficient (Wildman–Crippen LogP) is 2.57. The maximum atomic E-state index is 12.1. The van der Waals surface area contributed by atoms with Gasteiger partial charge >= 0.3 is 0 Å². The molecule has 7 nitrogen and oxygen atoms in total. The molecule has 0 spiro atoms. The van der Waals surface area contributed by atoms with Gasteiger partial charge in [0.25, 0.3) is 0 Å². The second-order valence-corrected chi connectivity index (χ2v) is 5.31. The fraction of sp³-hybridized carbons (Fsp3) is 0. The molecular formula is C18H14N6O. The van der Waals surface area contributed by atoms with Gasteiger partial charge in [0.15, 0.2) is 5.65 Å². The molecule has 0 saturated carbocycles. The van der Waals surface area contributed by atoms with E-state index < -0.39 is 0 Å². The van der Waals surface area contributed by atoms with Gasteiger partial charge in [-0.25, -0.2) is 9.67 Å². The number of nitrogens with zero attached hydrogens (tertiary/aromatic N) is 5. The zero-order valence-electron chi connectivity index (χ0n) is 13.1. The number of benzene rings is 1. The molecule has 1 amide bonds. The summed E-state index contributed by atoms with van der Waals surface area (Å²) in [6, 6.07) is 13.2. The van der Waals surface area contributed by atoms with Gasteiger partial charge in [-0.2, -0.15) is 14.7 Å². The van der Waals surface area contributed by atoms with Crippen molar-refractivity contribution in [2.45, 2.75) is 0 Å². The molecule has 0 saturated heterocycles. The number of para-hydroxylation sites is 1. The van der Waals surface area contributed by atoms with Gasteiger partial charge in [0.2, 0.25) is 5.91 Å². The minimum atomic E-state index is -0.254. The molecule has 7 heteroatoms. The molecule has 25 heavy (non-hydrogen) atoms. The normalized spacial score (nSPS) is 11.2. The van der Waals surface area contributed by atoms with E-state index in [4.69, 9.17) is 0 Å². The highest BCUT2D eigenvalue weighted by Gasteiger charge is 2.04. The minimum absolute atomic E-state index is 0.254. The van der Waals surface area contributed by atoms with Crippen LogP contribution in [0.15, 0.2) is 73.3 Å². The first kappa shape index (κ1) is 14.8. The molecule has 4 rings (SSSR count). The third-order valence-electron chi connectivity index (χ3n) is 3.59. The van der Waals surface area contributed by atoms with E-state index in [0.29, 0.717) is 11.5 Å². The molecule has 0 fully saturated rings. The Morgan fingerprint density at radius 2 is 1.92 bits per heavy atom. The summed E-state index contributed by atoms with van der Waals surface area (Å²) in [4.78, 5) is 16.3. The first-order chi connectivity index (χ1) is 12.3. The fourth-order valence-electron chi connectivity index (χ4n) is 2.41. The van der Waals surface area contributed by atoms with Crippen LogP contribution in [0, 0.1) is 0 Å². The molecule has 0 bridgehead atoms. The average Bonchev–Trinajstić information content (AvgIpc) is 3.31. The maximum absolute atomic E-state index is 12.1. The summed E-state index contributed by atoms with van der Waals surface area (Å²) in [5, 5.41) is 11.2. The lowest BCUT2D eigenvalue weighted by molar-refractivity contribution is -0.111. The molecule has 0 aliphatic rings. The number of carbonyl (C=O) groups excluding carboxylic acids is 1. The number of amides is 1. The van der Waals surface area contributed by atoms with Crippen LogP contribution in [-0.4, -0.2) is 30.3 Å². The van der Waals surface area contributed by atoms with E-state index in [2.05, 4.69) is 20.5 Å². The minimum Gasteiger partial charge on any atom is -0.307 e. The van der Waals surface area contributed by atoms with Gasteiger partial charge in [0.05, 0.1) is 18.1 Å². The van der Waals surface area contributed by atoms with Crippen LogP contribution in [-0.2, 0) is 4.79 Å². The van der Waals surface area contributed by atoms with Crippen molar-refractivity contribution in [2.75, 3.05) is 5.32 Å². The summed E-state index contributed by atoms with van der Waals surface area (Å²) in [5.74, 6) is 0.306. The van der Waals surface area contributed by atoms with Gasteiger partial charge < -0.3 is 5.32 Å². The number of fused-ring (bicyclic) bond motifs is 1. The highest BCUT2D eigenvalue weighted by atomic mass is 16.1. The number of rotatable bonds is 4. The summed E-state index contributed by atoms with van der Waals surface area (Å²) < 4.78 is 3.33. The van der Waals surface area contributed by atoms with Crippen molar-refractivity contribution in [2.24, 2.45) is 0 Å². The third kappa shape index (κ3) is 3.16. The van der Waals surface area contributed by atoms with Gasteiger partial charge in [-0.05, 0) is 24.3 Å². The fourth-order valence-corrected chi connectivity index (χ4v) is 2.41. The largest absolute Gasteiger partial charge is 0.307 e. The SMILES string of the molecule is O=C(C=Cc1cnn(-c2ccccc2)c1)Nc1ccnc2ccnn12. The molecule has 0 radical (unpaired) electrons. The Morgan fingerprint density at radius 3 is 2.80 bits per heavy atom. The van der Waals surface area contributed by atoms with Gasteiger partial charge in [-0.3, -0.25) is 4.79 Å². The van der Waals surface area contributed by atoms with Crippen LogP contribution in [0.2, 0.25) is 0 Å². The van der Waals surface area contributed by atoms with E-state index in [1.54, 1.807) is 46.0 Å². The van der Waals surface area contributed by atoms with Gasteiger partial charge in [0.1, 0.15) is 5.82 Å². The van der Waals surface area contributed by atoms with Crippen molar-refractivity contribution < 1.29 is 4.79 Å². The van der Waals surface area contributed by atoms with E-state index in [1.807, 2.05) is 36.5 Å². The monoisotopic (exact) mass is 330 g/mol. The number of anilines is 1. The van der Waals surface area contributed by atoms with E-state index in [1.165, 1.54) is 6.08 Å². The Bertz CT molecular complexity index is 1050. The summed E-state index contributed by atoms with van der Waals surface area (Å²) in [7, 11) is 0. The van der Waals surface area contributed by atoms with Crippen LogP contribution in [0.5, 0.6) is 0 Å². The number of carbonyl (C=O) groups is 1. The summed E-state index contributed by atoms with van der Waals surface area (Å²) >= 11 is 0. The van der Waals surface area contributed by atoms with Crippen molar-refractivity contribution >= 4 is 23.4 Å². The lowest BCUT2D eigenvalue weighted by Gasteiger charge is -2.03. The molecule has 3 heterocycles. The van der Waals surface area contributed by atoms with E-state index in [-0.39, 0.29) is 5.91 Å². The Balaban J connectivity index is 1.48. The number of nitrogens with one attached hydrogen (secondary N) is 1. The van der Waals surface area contributed by atoms with Crippen molar-refractivity contribution in [3.05, 3.63) is 78.9 Å². The van der Waals surface area contributed by atoms with Crippen LogP contribution >= 0.6 is 0 Å². The molecule has 0 atom stereocenters. The molecule has 0 aliphatic carbocycles. The van der Waals surface area contributed by atoms with Crippen LogP contribution in [0.1, 0.15) is 5.56 Å². The quantitative estimate of drug-likeness (QED) is 0.583. The Morgan fingerprint density at radius 1 is 1.04 bits per heavy atom. The molecule has 4 aromatic rings. The van der Waals surface area contributed by atoms with E-state index in [0.717, 1.165) is 11.3 Å². The third-order valence-corrected chi connectivity index (χ3v) is 3.59. The standard InChI is InChI=1S/C18H14N6O/c25-18(22-17-8-10-19-16-9-11-20-24(16)17)7-6-14-12-21-23(13-14)15-4-2-1-3-5-15/h1-13H,(H,22,25). The predicted molar refractivity (Wildman–Crippen MR) is 94.2 cm³/mol. The number of hydrogen-bond donors (Lipinski definition) is 1. The molecule has 0 unspecified atom stereocenters. The van der Waals surface area contributed by atoms with Crippen LogP contribution < -0.4 is 5.32 Å². The zero-order chi connectivity index (χ0) is 17.1. The second-order valence-electron chi connectivity index (χ2n) is 5.31. The summed E-state index contributed by atoms with van der Waals surface area (Å²) in [6.45, 7) is 0. The number of hydrogen-bond acceptors (Lipinski definition) is 4. The van der Waals surface area contributed by atoms with Crippen LogP contribution in [0.25, 0.3) is 17.4 Å². The highest BCUT2D eigenvalue weighted by Crippen LogP contribution is 2.10. The Kier molecular flexibility index (Phi) is 3.80. The first-order valence-electron chi connectivity index (χ1n) is 7.67. The van der Waals surface area contributed by atoms with Crippen LogP contribution in [0.3, 0.4) is 0 Å². The molecule has 0 aliphatic heterocycles. The zero-order valence-corrected chi connectivity index (χ0v) is 13.1.